The Hall–Kier alpha value is -2.03. The summed E-state index contributed by atoms with van der Waals surface area (Å²) in [6.07, 6.45) is 4.45. The molecule has 3 heteroatoms. The summed E-state index contributed by atoms with van der Waals surface area (Å²) in [5, 5.41) is 2.30. The van der Waals surface area contributed by atoms with E-state index in [1.54, 1.807) is 6.20 Å². The van der Waals surface area contributed by atoms with E-state index in [9.17, 15) is 0 Å². The van der Waals surface area contributed by atoms with E-state index in [1.165, 1.54) is 29.5 Å². The van der Waals surface area contributed by atoms with Crippen LogP contribution in [0.15, 0.2) is 34.9 Å². The Morgan fingerprint density at radius 1 is 1.17 bits per heavy atom. The molecule has 3 nitrogen and oxygen atoms in total. The number of hydrogen-bond donors (Lipinski definition) is 0. The first-order valence-electron chi connectivity index (χ1n) is 9.05. The van der Waals surface area contributed by atoms with Crippen molar-refractivity contribution in [3.8, 4) is 0 Å². The molecule has 2 fully saturated rings. The van der Waals surface area contributed by atoms with Crippen LogP contribution in [0.2, 0.25) is 0 Å². The molecule has 1 saturated carbocycles. The summed E-state index contributed by atoms with van der Waals surface area (Å²) < 4.78 is 6.25. The largest absolute Gasteiger partial charge is 0.436 e. The first kappa shape index (κ1) is 14.3. The number of furan rings is 1. The van der Waals surface area contributed by atoms with Crippen LogP contribution in [0.3, 0.4) is 0 Å². The quantitative estimate of drug-likeness (QED) is 0.609. The Morgan fingerprint density at radius 3 is 2.75 bits per heavy atom. The molecule has 0 N–H and O–H groups in total. The van der Waals surface area contributed by atoms with Gasteiger partial charge in [-0.3, -0.25) is 0 Å². The first-order chi connectivity index (χ1) is 11.5. The third-order valence-corrected chi connectivity index (χ3v) is 6.77. The zero-order chi connectivity index (χ0) is 16.6. The predicted molar refractivity (Wildman–Crippen MR) is 98.5 cm³/mol. The van der Waals surface area contributed by atoms with Gasteiger partial charge in [-0.15, -0.1) is 0 Å². The van der Waals surface area contributed by atoms with Crippen LogP contribution < -0.4 is 4.90 Å². The minimum absolute atomic E-state index is 0.373. The number of piperidine rings is 1. The van der Waals surface area contributed by atoms with Gasteiger partial charge in [0, 0.05) is 29.1 Å². The highest BCUT2D eigenvalue weighted by Crippen LogP contribution is 2.57. The molecule has 3 aromatic rings. The van der Waals surface area contributed by atoms with E-state index in [2.05, 4.69) is 55.8 Å². The van der Waals surface area contributed by atoms with Crippen molar-refractivity contribution in [2.45, 2.75) is 52.6 Å². The van der Waals surface area contributed by atoms with Gasteiger partial charge in [-0.1, -0.05) is 26.0 Å². The standard InChI is InChI=1S/C21H24N2O/c1-12-7-8-14-15-6-5-11-22-20(15)24-19(14)18(12)23-13(2)16-9-10-17(23)21(16,3)4/h5-8,11,13,16-17H,9-10H2,1-4H3/t13-,16?,17?/m0/s1. The van der Waals surface area contributed by atoms with Crippen molar-refractivity contribution < 1.29 is 4.42 Å². The summed E-state index contributed by atoms with van der Waals surface area (Å²) in [5.74, 6) is 0.764. The summed E-state index contributed by atoms with van der Waals surface area (Å²) in [6.45, 7) is 9.49. The van der Waals surface area contributed by atoms with Crippen molar-refractivity contribution in [2.24, 2.45) is 11.3 Å². The topological polar surface area (TPSA) is 29.3 Å². The number of aryl methyl sites for hydroxylation is 1. The molecule has 2 bridgehead atoms. The van der Waals surface area contributed by atoms with Gasteiger partial charge < -0.3 is 9.32 Å². The van der Waals surface area contributed by atoms with Crippen LogP contribution in [-0.4, -0.2) is 17.1 Å². The lowest BCUT2D eigenvalue weighted by molar-refractivity contribution is 0.286. The first-order valence-corrected chi connectivity index (χ1v) is 9.05. The molecule has 1 aliphatic carbocycles. The molecule has 3 atom stereocenters. The Labute approximate surface area is 142 Å². The zero-order valence-corrected chi connectivity index (χ0v) is 14.8. The predicted octanol–water partition coefficient (Wildman–Crippen LogP) is 5.30. The maximum Gasteiger partial charge on any atom is 0.227 e. The van der Waals surface area contributed by atoms with Crippen LogP contribution in [0.5, 0.6) is 0 Å². The Kier molecular flexibility index (Phi) is 2.70. The molecule has 1 aromatic carbocycles. The SMILES string of the molecule is Cc1ccc2c(oc3ncccc32)c1N1C2CCC([C@@H]1C)C2(C)C. The fourth-order valence-corrected chi connectivity index (χ4v) is 5.61. The number of anilines is 1. The zero-order valence-electron chi connectivity index (χ0n) is 14.8. The third kappa shape index (κ3) is 1.60. The van der Waals surface area contributed by atoms with Gasteiger partial charge >= 0.3 is 0 Å². The summed E-state index contributed by atoms with van der Waals surface area (Å²) >= 11 is 0. The van der Waals surface area contributed by atoms with Crippen molar-refractivity contribution in [2.75, 3.05) is 4.90 Å². The maximum atomic E-state index is 6.25. The fraction of sp³-hybridized carbons (Fsp3) is 0.476. The second kappa shape index (κ2) is 4.53. The van der Waals surface area contributed by atoms with Gasteiger partial charge in [0.1, 0.15) is 0 Å². The average molecular weight is 320 g/mol. The molecule has 3 heterocycles. The number of hydrogen-bond acceptors (Lipinski definition) is 3. The molecule has 2 unspecified atom stereocenters. The van der Waals surface area contributed by atoms with E-state index < -0.39 is 0 Å². The second-order valence-electron chi connectivity index (χ2n) is 8.23. The molecule has 1 aliphatic heterocycles. The van der Waals surface area contributed by atoms with E-state index in [4.69, 9.17) is 4.42 Å². The molecule has 0 amide bonds. The van der Waals surface area contributed by atoms with Gasteiger partial charge in [0.05, 0.1) is 5.69 Å². The highest BCUT2D eigenvalue weighted by Gasteiger charge is 2.56. The number of pyridine rings is 1. The summed E-state index contributed by atoms with van der Waals surface area (Å²) in [5.41, 5.74) is 4.72. The highest BCUT2D eigenvalue weighted by molar-refractivity contribution is 6.08. The van der Waals surface area contributed by atoms with Crippen molar-refractivity contribution in [1.82, 2.24) is 4.98 Å². The number of aromatic nitrogens is 1. The number of rotatable bonds is 1. The average Bonchev–Trinajstić information content (AvgIpc) is 3.12. The lowest BCUT2D eigenvalue weighted by atomic mass is 9.80. The molecule has 5 rings (SSSR count). The van der Waals surface area contributed by atoms with Crippen LogP contribution in [0, 0.1) is 18.3 Å². The van der Waals surface area contributed by atoms with Crippen molar-refractivity contribution in [3.05, 3.63) is 36.0 Å². The van der Waals surface area contributed by atoms with E-state index in [0.29, 0.717) is 17.5 Å². The van der Waals surface area contributed by atoms with Crippen LogP contribution >= 0.6 is 0 Å². The van der Waals surface area contributed by atoms with Crippen LogP contribution in [0.1, 0.15) is 39.2 Å². The summed E-state index contributed by atoms with van der Waals surface area (Å²) in [4.78, 5) is 7.09. The van der Waals surface area contributed by atoms with Crippen LogP contribution in [0.25, 0.3) is 22.1 Å². The summed E-state index contributed by atoms with van der Waals surface area (Å²) in [7, 11) is 0. The minimum Gasteiger partial charge on any atom is -0.436 e. The van der Waals surface area contributed by atoms with Crippen molar-refractivity contribution in [1.29, 1.82) is 0 Å². The Morgan fingerprint density at radius 2 is 2.00 bits per heavy atom. The number of benzene rings is 1. The lowest BCUT2D eigenvalue weighted by Crippen LogP contribution is -2.40. The molecule has 2 aromatic heterocycles. The second-order valence-corrected chi connectivity index (χ2v) is 8.23. The minimum atomic E-state index is 0.373. The van der Waals surface area contributed by atoms with Gasteiger partial charge in [0.15, 0.2) is 5.58 Å². The van der Waals surface area contributed by atoms with E-state index in [1.807, 2.05) is 6.07 Å². The summed E-state index contributed by atoms with van der Waals surface area (Å²) in [6, 6.07) is 9.68. The number of fused-ring (bicyclic) bond motifs is 5. The van der Waals surface area contributed by atoms with Gasteiger partial charge in [0.2, 0.25) is 5.71 Å². The molecular formula is C21H24N2O. The Balaban J connectivity index is 1.79. The van der Waals surface area contributed by atoms with E-state index >= 15 is 0 Å². The normalized spacial score (nSPS) is 28.3. The van der Waals surface area contributed by atoms with Gasteiger partial charge in [-0.25, -0.2) is 4.98 Å². The van der Waals surface area contributed by atoms with Gasteiger partial charge in [0.25, 0.3) is 0 Å². The van der Waals surface area contributed by atoms with E-state index in [-0.39, 0.29) is 0 Å². The molecule has 24 heavy (non-hydrogen) atoms. The Bertz CT molecular complexity index is 955. The molecule has 1 saturated heterocycles. The van der Waals surface area contributed by atoms with Crippen LogP contribution in [0.4, 0.5) is 5.69 Å². The molecule has 0 radical (unpaired) electrons. The fourth-order valence-electron chi connectivity index (χ4n) is 5.61. The van der Waals surface area contributed by atoms with Crippen LogP contribution in [-0.2, 0) is 0 Å². The van der Waals surface area contributed by atoms with Gasteiger partial charge in [-0.05, 0) is 55.7 Å². The molecular weight excluding hydrogens is 296 g/mol. The maximum absolute atomic E-state index is 6.25. The lowest BCUT2D eigenvalue weighted by Gasteiger charge is -2.36. The van der Waals surface area contributed by atoms with Gasteiger partial charge in [-0.2, -0.15) is 0 Å². The number of nitrogens with zero attached hydrogens (tertiary/aromatic N) is 2. The third-order valence-electron chi connectivity index (χ3n) is 6.77. The molecule has 2 aliphatic rings. The molecule has 0 spiro atoms. The highest BCUT2D eigenvalue weighted by atomic mass is 16.3. The van der Waals surface area contributed by atoms with E-state index in [0.717, 1.165) is 22.6 Å². The smallest absolute Gasteiger partial charge is 0.227 e. The van der Waals surface area contributed by atoms with Crippen molar-refractivity contribution >= 4 is 27.8 Å². The van der Waals surface area contributed by atoms with Crippen molar-refractivity contribution in [3.63, 3.8) is 0 Å². The monoisotopic (exact) mass is 320 g/mol. The molecule has 124 valence electrons.